The molecule has 1 aliphatic heterocycles. The molecule has 0 saturated heterocycles. The molecule has 2 heterocycles. The number of nitro benzene ring substituents is 1. The second-order valence-electron chi connectivity index (χ2n) is 8.55. The first-order chi connectivity index (χ1) is 18.7. The largest absolute Gasteiger partial charge is 0.467 e. The van der Waals surface area contributed by atoms with Crippen molar-refractivity contribution in [2.24, 2.45) is 10.7 Å². The number of nitrogens with zero attached hydrogens (tertiary/aromatic N) is 2. The number of hydrogen-bond acceptors (Lipinski definition) is 8. The van der Waals surface area contributed by atoms with Crippen molar-refractivity contribution in [3.63, 3.8) is 0 Å². The summed E-state index contributed by atoms with van der Waals surface area (Å²) in [6, 6.07) is 13.0. The summed E-state index contributed by atoms with van der Waals surface area (Å²) in [5, 5.41) is 16.1. The first-order valence-electron chi connectivity index (χ1n) is 12.1. The van der Waals surface area contributed by atoms with Gasteiger partial charge in [-0.1, -0.05) is 55.4 Å². The number of nitrogens with one attached hydrogen (secondary N) is 2. The second-order valence-corrected chi connectivity index (χ2v) is 10.1. The van der Waals surface area contributed by atoms with Crippen LogP contribution in [0.4, 0.5) is 17.1 Å². The van der Waals surface area contributed by atoms with Gasteiger partial charge < -0.3 is 20.8 Å². The quantitative estimate of drug-likeness (QED) is 0.229. The van der Waals surface area contributed by atoms with Gasteiger partial charge in [0.15, 0.2) is 0 Å². The number of hydrogen-bond donors (Lipinski definition) is 3. The van der Waals surface area contributed by atoms with Crippen molar-refractivity contribution in [1.29, 1.82) is 0 Å². The monoisotopic (exact) mass is 567 g/mol. The Labute approximate surface area is 233 Å². The van der Waals surface area contributed by atoms with Crippen LogP contribution in [-0.2, 0) is 29.0 Å². The molecule has 1 atom stereocenters. The molecule has 0 spiro atoms. The third-order valence-corrected chi connectivity index (χ3v) is 7.68. The van der Waals surface area contributed by atoms with Crippen molar-refractivity contribution in [2.45, 2.75) is 38.5 Å². The van der Waals surface area contributed by atoms with E-state index < -0.39 is 22.0 Å². The fraction of sp³-hybridized carbons (Fsp3) is 0.222. The molecule has 3 aromatic rings. The topological polar surface area (TPSA) is 153 Å². The van der Waals surface area contributed by atoms with Gasteiger partial charge in [0.05, 0.1) is 34.0 Å². The van der Waals surface area contributed by atoms with E-state index in [1.54, 1.807) is 12.1 Å². The van der Waals surface area contributed by atoms with Crippen LogP contribution in [0.2, 0.25) is 5.02 Å². The molecule has 4 N–H and O–H groups in total. The molecule has 0 bridgehead atoms. The lowest BCUT2D eigenvalue weighted by atomic mass is 10.0. The molecule has 12 heteroatoms. The Kier molecular flexibility index (Phi) is 8.72. The number of carbonyl (C=O) groups excluding carboxylic acids is 2. The van der Waals surface area contributed by atoms with E-state index in [0.29, 0.717) is 24.3 Å². The lowest BCUT2D eigenvalue weighted by Crippen LogP contribution is -2.29. The van der Waals surface area contributed by atoms with E-state index in [9.17, 15) is 19.7 Å². The van der Waals surface area contributed by atoms with Crippen LogP contribution < -0.4 is 16.4 Å². The molecule has 0 radical (unpaired) electrons. The van der Waals surface area contributed by atoms with Crippen LogP contribution >= 0.6 is 23.4 Å². The Morgan fingerprint density at radius 2 is 1.85 bits per heavy atom. The highest BCUT2D eigenvalue weighted by molar-refractivity contribution is 8.16. The summed E-state index contributed by atoms with van der Waals surface area (Å²) in [6.07, 6.45) is 2.93. The minimum atomic E-state index is -1.02. The van der Waals surface area contributed by atoms with E-state index in [1.807, 2.05) is 32.0 Å². The van der Waals surface area contributed by atoms with E-state index in [1.165, 1.54) is 18.4 Å². The van der Waals surface area contributed by atoms with Gasteiger partial charge in [0.1, 0.15) is 16.1 Å². The molecular weight excluding hydrogens is 542 g/mol. The highest BCUT2D eigenvalue weighted by Crippen LogP contribution is 2.36. The molecular formula is C27H26ClN5O5S. The van der Waals surface area contributed by atoms with Crippen LogP contribution in [0.3, 0.4) is 0 Å². The van der Waals surface area contributed by atoms with E-state index in [-0.39, 0.29) is 39.3 Å². The molecule has 1 aliphatic rings. The summed E-state index contributed by atoms with van der Waals surface area (Å²) in [5.41, 5.74) is 8.99. The zero-order valence-electron chi connectivity index (χ0n) is 21.2. The number of amides is 2. The van der Waals surface area contributed by atoms with E-state index in [2.05, 4.69) is 15.6 Å². The second kappa shape index (κ2) is 12.2. The number of halogens is 1. The number of aliphatic imine (C=N–C) groups is 1. The van der Waals surface area contributed by atoms with Crippen molar-refractivity contribution >= 4 is 57.3 Å². The van der Waals surface area contributed by atoms with Crippen molar-refractivity contribution in [2.75, 3.05) is 10.6 Å². The number of thioether (sulfide) groups is 1. The highest BCUT2D eigenvalue weighted by atomic mass is 35.5. The highest BCUT2D eigenvalue weighted by Gasteiger charge is 2.39. The fourth-order valence-corrected chi connectivity index (χ4v) is 5.35. The summed E-state index contributed by atoms with van der Waals surface area (Å²) in [6.45, 7) is 4.13. The zero-order chi connectivity index (χ0) is 28.1. The van der Waals surface area contributed by atoms with Gasteiger partial charge in [0.2, 0.25) is 5.91 Å². The van der Waals surface area contributed by atoms with E-state index in [0.717, 1.165) is 29.0 Å². The number of carbonyl (C=O) groups is 2. The van der Waals surface area contributed by atoms with Gasteiger partial charge in [0, 0.05) is 23.5 Å². The number of nitro groups is 1. The van der Waals surface area contributed by atoms with E-state index >= 15 is 0 Å². The Hall–Kier alpha value is -4.09. The minimum Gasteiger partial charge on any atom is -0.467 e. The van der Waals surface area contributed by atoms with Crippen LogP contribution in [0, 0.1) is 10.1 Å². The van der Waals surface area contributed by atoms with Crippen LogP contribution in [0.15, 0.2) is 75.5 Å². The number of non-ortho nitro benzene ring substituents is 1. The van der Waals surface area contributed by atoms with Gasteiger partial charge >= 0.3 is 0 Å². The zero-order valence-corrected chi connectivity index (χ0v) is 22.8. The first kappa shape index (κ1) is 27.9. The molecule has 0 aliphatic carbocycles. The molecule has 202 valence electrons. The van der Waals surface area contributed by atoms with Crippen LogP contribution in [0.5, 0.6) is 0 Å². The van der Waals surface area contributed by atoms with Gasteiger partial charge in [-0.15, -0.1) is 0 Å². The van der Waals surface area contributed by atoms with Crippen molar-refractivity contribution in [3.8, 4) is 0 Å². The predicted octanol–water partition coefficient (Wildman–Crippen LogP) is 5.47. The molecule has 2 aromatic carbocycles. The average Bonchev–Trinajstić information content (AvgIpc) is 3.56. The van der Waals surface area contributed by atoms with Gasteiger partial charge in [-0.25, -0.2) is 0 Å². The summed E-state index contributed by atoms with van der Waals surface area (Å²) < 4.78 is 5.36. The molecule has 1 aromatic heterocycles. The van der Waals surface area contributed by atoms with Gasteiger partial charge in [0.25, 0.3) is 11.6 Å². The van der Waals surface area contributed by atoms with E-state index in [4.69, 9.17) is 21.8 Å². The lowest BCUT2D eigenvalue weighted by Gasteiger charge is -2.15. The molecule has 4 rings (SSSR count). The molecule has 2 amide bonds. The number of furan rings is 1. The van der Waals surface area contributed by atoms with Crippen molar-refractivity contribution < 1.29 is 18.9 Å². The SMILES string of the molecule is CCc1cccc(CC)c1NC(=O)C1=C(N)C(C(=O)Nc2cc([N+](=O)[O-])ccc2Cl)SC1=NCc1ccco1. The average molecular weight is 568 g/mol. The lowest BCUT2D eigenvalue weighted by molar-refractivity contribution is -0.384. The Balaban J connectivity index is 1.67. The van der Waals surface area contributed by atoms with Crippen molar-refractivity contribution in [3.05, 3.63) is 98.1 Å². The number of benzene rings is 2. The Morgan fingerprint density at radius 1 is 1.13 bits per heavy atom. The summed E-state index contributed by atoms with van der Waals surface area (Å²) in [7, 11) is 0. The third-order valence-electron chi connectivity index (χ3n) is 6.09. The summed E-state index contributed by atoms with van der Waals surface area (Å²) in [5.74, 6) is -0.517. The number of para-hydroxylation sites is 1. The summed E-state index contributed by atoms with van der Waals surface area (Å²) >= 11 is 7.17. The third kappa shape index (κ3) is 6.15. The van der Waals surface area contributed by atoms with Crippen LogP contribution in [0.25, 0.3) is 0 Å². The van der Waals surface area contributed by atoms with Gasteiger partial charge in [-0.2, -0.15) is 0 Å². The molecule has 39 heavy (non-hydrogen) atoms. The smallest absolute Gasteiger partial charge is 0.271 e. The maximum Gasteiger partial charge on any atom is 0.271 e. The van der Waals surface area contributed by atoms with Crippen molar-refractivity contribution in [1.82, 2.24) is 0 Å². The summed E-state index contributed by atoms with van der Waals surface area (Å²) in [4.78, 5) is 42.0. The normalized spacial score (nSPS) is 16.0. The Morgan fingerprint density at radius 3 is 2.46 bits per heavy atom. The van der Waals surface area contributed by atoms with Crippen LogP contribution in [0.1, 0.15) is 30.7 Å². The molecule has 1 unspecified atom stereocenters. The Bertz CT molecular complexity index is 1460. The molecule has 0 saturated carbocycles. The van der Waals surface area contributed by atoms with Gasteiger partial charge in [-0.05, 0) is 42.2 Å². The van der Waals surface area contributed by atoms with Gasteiger partial charge in [-0.3, -0.25) is 24.7 Å². The standard InChI is InChI=1S/C27H26ClN5O5S/c1-3-15-7-5-8-16(4-2)23(15)32-25(34)21-22(29)24(39-27(21)30-14-18-9-6-12-38-18)26(35)31-20-13-17(33(36)37)10-11-19(20)28/h5-13,24H,3-4,14,29H2,1-2H3,(H,31,35)(H,32,34). The predicted molar refractivity (Wildman–Crippen MR) is 153 cm³/mol. The number of nitrogens with two attached hydrogens (primary N) is 1. The maximum atomic E-state index is 13.6. The number of anilines is 2. The van der Waals surface area contributed by atoms with Crippen LogP contribution in [-0.4, -0.2) is 27.0 Å². The number of rotatable bonds is 9. The number of aryl methyl sites for hydroxylation is 2. The maximum absolute atomic E-state index is 13.6. The fourth-order valence-electron chi connectivity index (χ4n) is 4.08. The molecule has 10 nitrogen and oxygen atoms in total. The minimum absolute atomic E-state index is 0.0155. The first-order valence-corrected chi connectivity index (χ1v) is 13.4. The molecule has 0 fully saturated rings.